The van der Waals surface area contributed by atoms with Crippen LogP contribution in [0.4, 0.5) is 0 Å². The number of hydrogen-bond donors (Lipinski definition) is 1. The van der Waals surface area contributed by atoms with Gasteiger partial charge in [0.1, 0.15) is 5.15 Å². The molecule has 0 atom stereocenters. The summed E-state index contributed by atoms with van der Waals surface area (Å²) in [6.07, 6.45) is 0. The molecule has 2 aromatic rings. The van der Waals surface area contributed by atoms with Crippen molar-refractivity contribution in [3.63, 3.8) is 0 Å². The molecule has 0 radical (unpaired) electrons. The Labute approximate surface area is 91.8 Å². The first-order chi connectivity index (χ1) is 7.16. The molecule has 0 unspecified atom stereocenters. The van der Waals surface area contributed by atoms with Crippen molar-refractivity contribution in [1.82, 2.24) is 9.97 Å². The van der Waals surface area contributed by atoms with Crippen LogP contribution < -0.4 is 5.56 Å². The monoisotopic (exact) mass is 220 g/mol. The molecule has 0 aromatic carbocycles. The summed E-state index contributed by atoms with van der Waals surface area (Å²) < 4.78 is 0. The second-order valence-electron chi connectivity index (χ2n) is 3.22. The lowest BCUT2D eigenvalue weighted by atomic mass is 10.2. The van der Waals surface area contributed by atoms with Gasteiger partial charge in [0.05, 0.1) is 5.69 Å². The van der Waals surface area contributed by atoms with Crippen LogP contribution in [0.5, 0.6) is 0 Å². The molecule has 0 aliphatic heterocycles. The van der Waals surface area contributed by atoms with Gasteiger partial charge in [-0.25, -0.2) is 4.98 Å². The number of aromatic nitrogens is 2. The molecular formula is C11H9ClN2O. The molecule has 0 saturated heterocycles. The van der Waals surface area contributed by atoms with E-state index >= 15 is 0 Å². The summed E-state index contributed by atoms with van der Waals surface area (Å²) >= 11 is 5.98. The van der Waals surface area contributed by atoms with Gasteiger partial charge in [0.2, 0.25) is 5.56 Å². The van der Waals surface area contributed by atoms with Gasteiger partial charge in [-0.3, -0.25) is 4.79 Å². The van der Waals surface area contributed by atoms with Gasteiger partial charge >= 0.3 is 0 Å². The van der Waals surface area contributed by atoms with E-state index < -0.39 is 0 Å². The molecule has 0 aliphatic carbocycles. The average molecular weight is 221 g/mol. The van der Waals surface area contributed by atoms with Gasteiger partial charge in [0.25, 0.3) is 0 Å². The Morgan fingerprint density at radius 1 is 1.27 bits per heavy atom. The Hall–Kier alpha value is -1.61. The molecule has 0 bridgehead atoms. The summed E-state index contributed by atoms with van der Waals surface area (Å²) in [5, 5.41) is 0.400. The smallest absolute Gasteiger partial charge is 0.248 e. The summed E-state index contributed by atoms with van der Waals surface area (Å²) in [5.74, 6) is 0. The van der Waals surface area contributed by atoms with E-state index in [0.29, 0.717) is 10.8 Å². The third-order valence-corrected chi connectivity index (χ3v) is 2.33. The molecule has 76 valence electrons. The lowest BCUT2D eigenvalue weighted by molar-refractivity contribution is 1.18. The van der Waals surface area contributed by atoms with E-state index in [0.717, 1.165) is 11.3 Å². The van der Waals surface area contributed by atoms with Gasteiger partial charge in [-0.1, -0.05) is 17.7 Å². The molecule has 4 heteroatoms. The third kappa shape index (κ3) is 2.07. The molecule has 15 heavy (non-hydrogen) atoms. The Kier molecular flexibility index (Phi) is 2.56. The third-order valence-electron chi connectivity index (χ3n) is 2.05. The quantitative estimate of drug-likeness (QED) is 0.751. The Balaban J connectivity index is 2.59. The fraction of sp³-hybridized carbons (Fsp3) is 0.0909. The Morgan fingerprint density at radius 2 is 2.07 bits per heavy atom. The first kappa shape index (κ1) is 9.93. The molecule has 3 nitrogen and oxygen atoms in total. The molecular weight excluding hydrogens is 212 g/mol. The molecule has 0 fully saturated rings. The van der Waals surface area contributed by atoms with E-state index in [9.17, 15) is 4.79 Å². The zero-order valence-electron chi connectivity index (χ0n) is 8.12. The summed E-state index contributed by atoms with van der Waals surface area (Å²) in [7, 11) is 0. The number of aromatic amines is 1. The van der Waals surface area contributed by atoms with Crippen LogP contribution in [-0.2, 0) is 0 Å². The highest BCUT2D eigenvalue weighted by molar-refractivity contribution is 6.32. The fourth-order valence-corrected chi connectivity index (χ4v) is 1.63. The molecule has 2 rings (SSSR count). The number of halogens is 1. The number of rotatable bonds is 1. The minimum atomic E-state index is -0.149. The number of H-pyrrole nitrogens is 1. The lowest BCUT2D eigenvalue weighted by Gasteiger charge is -2.03. The topological polar surface area (TPSA) is 45.8 Å². The maximum Gasteiger partial charge on any atom is 0.248 e. The van der Waals surface area contributed by atoms with E-state index in [4.69, 9.17) is 11.6 Å². The largest absolute Gasteiger partial charge is 0.322 e. The average Bonchev–Trinajstić information content (AvgIpc) is 2.17. The predicted octanol–water partition coefficient (Wildman–Crippen LogP) is 2.40. The standard InChI is InChI=1S/C11H9ClN2O/c1-7-5-6-8(11(12)13-7)9-3-2-4-10(15)14-9/h2-6H,1H3,(H,14,15). The van der Waals surface area contributed by atoms with Gasteiger partial charge in [-0.05, 0) is 25.1 Å². The van der Waals surface area contributed by atoms with Crippen molar-refractivity contribution in [2.45, 2.75) is 6.92 Å². The number of pyridine rings is 2. The van der Waals surface area contributed by atoms with Crippen LogP contribution in [-0.4, -0.2) is 9.97 Å². The lowest BCUT2D eigenvalue weighted by Crippen LogP contribution is -2.03. The maximum absolute atomic E-state index is 11.1. The van der Waals surface area contributed by atoms with Gasteiger partial charge in [0, 0.05) is 17.3 Å². The molecule has 1 N–H and O–H groups in total. The Morgan fingerprint density at radius 3 is 2.73 bits per heavy atom. The summed E-state index contributed by atoms with van der Waals surface area (Å²) in [6.45, 7) is 1.86. The molecule has 2 aromatic heterocycles. The van der Waals surface area contributed by atoms with E-state index in [1.54, 1.807) is 12.1 Å². The van der Waals surface area contributed by atoms with Gasteiger partial charge in [0.15, 0.2) is 0 Å². The van der Waals surface area contributed by atoms with Gasteiger partial charge in [-0.15, -0.1) is 0 Å². The van der Waals surface area contributed by atoms with E-state index in [2.05, 4.69) is 9.97 Å². The zero-order valence-corrected chi connectivity index (χ0v) is 8.88. The van der Waals surface area contributed by atoms with Gasteiger partial charge < -0.3 is 4.98 Å². The second kappa shape index (κ2) is 3.87. The highest BCUT2D eigenvalue weighted by Crippen LogP contribution is 2.23. The normalized spacial score (nSPS) is 10.3. The Bertz CT molecular complexity index is 548. The van der Waals surface area contributed by atoms with Crippen molar-refractivity contribution in [2.24, 2.45) is 0 Å². The van der Waals surface area contributed by atoms with E-state index in [-0.39, 0.29) is 5.56 Å². The summed E-state index contributed by atoms with van der Waals surface area (Å²) in [6, 6.07) is 8.63. The first-order valence-corrected chi connectivity index (χ1v) is 4.87. The van der Waals surface area contributed by atoms with Gasteiger partial charge in [-0.2, -0.15) is 0 Å². The van der Waals surface area contributed by atoms with Crippen molar-refractivity contribution in [3.05, 3.63) is 51.5 Å². The highest BCUT2D eigenvalue weighted by Gasteiger charge is 2.04. The zero-order chi connectivity index (χ0) is 10.8. The number of aryl methyl sites for hydroxylation is 1. The fourth-order valence-electron chi connectivity index (χ4n) is 1.33. The van der Waals surface area contributed by atoms with E-state index in [1.807, 2.05) is 19.1 Å². The predicted molar refractivity (Wildman–Crippen MR) is 60.0 cm³/mol. The second-order valence-corrected chi connectivity index (χ2v) is 3.58. The van der Waals surface area contributed by atoms with Crippen LogP contribution in [0.1, 0.15) is 5.69 Å². The highest BCUT2D eigenvalue weighted by atomic mass is 35.5. The summed E-state index contributed by atoms with van der Waals surface area (Å²) in [4.78, 5) is 17.9. The minimum absolute atomic E-state index is 0.149. The van der Waals surface area contributed by atoms with Crippen molar-refractivity contribution in [2.75, 3.05) is 0 Å². The molecule has 0 aliphatic rings. The molecule has 0 saturated carbocycles. The number of nitrogens with zero attached hydrogens (tertiary/aromatic N) is 1. The SMILES string of the molecule is Cc1ccc(-c2cccc(=O)[nH]2)c(Cl)n1. The van der Waals surface area contributed by atoms with Crippen LogP contribution in [0.25, 0.3) is 11.3 Å². The number of nitrogens with one attached hydrogen (secondary N) is 1. The van der Waals surface area contributed by atoms with Crippen LogP contribution in [0.15, 0.2) is 35.1 Å². The van der Waals surface area contributed by atoms with Crippen LogP contribution in [0.3, 0.4) is 0 Å². The maximum atomic E-state index is 11.1. The van der Waals surface area contributed by atoms with Crippen molar-refractivity contribution in [3.8, 4) is 11.3 Å². The summed E-state index contributed by atoms with van der Waals surface area (Å²) in [5.41, 5.74) is 2.12. The van der Waals surface area contributed by atoms with Crippen molar-refractivity contribution < 1.29 is 0 Å². The molecule has 0 spiro atoms. The van der Waals surface area contributed by atoms with Crippen molar-refractivity contribution in [1.29, 1.82) is 0 Å². The minimum Gasteiger partial charge on any atom is -0.322 e. The molecule has 0 amide bonds. The van der Waals surface area contributed by atoms with Crippen LogP contribution >= 0.6 is 11.6 Å². The van der Waals surface area contributed by atoms with Crippen molar-refractivity contribution >= 4 is 11.6 Å². The number of hydrogen-bond acceptors (Lipinski definition) is 2. The van der Waals surface area contributed by atoms with Crippen LogP contribution in [0, 0.1) is 6.92 Å². The van der Waals surface area contributed by atoms with Crippen LogP contribution in [0.2, 0.25) is 5.15 Å². The molecule has 2 heterocycles. The van der Waals surface area contributed by atoms with E-state index in [1.165, 1.54) is 6.07 Å². The first-order valence-electron chi connectivity index (χ1n) is 4.50.